The molecule has 0 spiro atoms. The van der Waals surface area contributed by atoms with Crippen molar-refractivity contribution < 1.29 is 23.2 Å². The Kier molecular flexibility index (Phi) is 8.62. The van der Waals surface area contributed by atoms with Gasteiger partial charge in [-0.2, -0.15) is 0 Å². The van der Waals surface area contributed by atoms with Gasteiger partial charge in [0.1, 0.15) is 0 Å². The van der Waals surface area contributed by atoms with E-state index in [4.69, 9.17) is 28.4 Å². The van der Waals surface area contributed by atoms with E-state index in [9.17, 15) is 18.0 Å². The van der Waals surface area contributed by atoms with Gasteiger partial charge >= 0.3 is 0 Å². The number of hydrogen-bond donors (Lipinski definition) is 4. The van der Waals surface area contributed by atoms with Gasteiger partial charge in [-0.3, -0.25) is 24.5 Å². The lowest BCUT2D eigenvalue weighted by Gasteiger charge is -2.12. The monoisotopic (exact) mass is 582 g/mol. The van der Waals surface area contributed by atoms with Crippen molar-refractivity contribution in [3.63, 3.8) is 0 Å². The van der Waals surface area contributed by atoms with E-state index in [2.05, 4.69) is 15.0 Å². The minimum Gasteiger partial charge on any atom is -0.322 e. The molecule has 3 aromatic carbocycles. The smallest absolute Gasteiger partial charge is 0.267 e. The van der Waals surface area contributed by atoms with Crippen LogP contribution in [-0.4, -0.2) is 30.4 Å². The molecule has 0 saturated heterocycles. The zero-order valence-corrected chi connectivity index (χ0v) is 22.3. The number of nitrogens with one attached hydrogen (secondary N) is 3. The fourth-order valence-corrected chi connectivity index (χ4v) is 5.12. The number of hydrogen-bond acceptors (Lipinski definition) is 6. The fourth-order valence-electron chi connectivity index (χ4n) is 3.50. The first-order chi connectivity index (χ1) is 18.7. The van der Waals surface area contributed by atoms with Crippen molar-refractivity contribution in [1.29, 1.82) is 0 Å². The summed E-state index contributed by atoms with van der Waals surface area (Å²) in [5, 5.41) is 11.7. The number of carbonyl (C=O) groups is 2. The van der Waals surface area contributed by atoms with Gasteiger partial charge in [-0.1, -0.05) is 41.4 Å². The van der Waals surface area contributed by atoms with E-state index in [0.717, 1.165) is 6.08 Å². The Morgan fingerprint density at radius 1 is 0.872 bits per heavy atom. The Morgan fingerprint density at radius 2 is 1.69 bits per heavy atom. The van der Waals surface area contributed by atoms with E-state index in [1.54, 1.807) is 48.7 Å². The second-order valence-electron chi connectivity index (χ2n) is 8.05. The molecule has 12 heteroatoms. The standard InChI is InChI=1S/C27H20Cl2N4O5S/c28-23-11-8-18(15-22(23)25-6-1-2-13-30-25)31-27(35)21-10-9-20(16-24(21)29)39(37,38)33-19-5-3-4-17(14-19)7-12-26(34)32-36/h1-16,33,36H,(H,31,35)(H,32,34). The molecular formula is C27H20Cl2N4O5S. The van der Waals surface area contributed by atoms with Gasteiger partial charge in [0, 0.05) is 29.2 Å². The number of rotatable bonds is 8. The first-order valence-electron chi connectivity index (χ1n) is 11.2. The highest BCUT2D eigenvalue weighted by atomic mass is 35.5. The number of hydroxylamine groups is 1. The minimum absolute atomic E-state index is 0.0685. The number of halogens is 2. The summed E-state index contributed by atoms with van der Waals surface area (Å²) < 4.78 is 28.3. The van der Waals surface area contributed by atoms with Gasteiger partial charge in [-0.05, 0) is 72.3 Å². The molecular weight excluding hydrogens is 563 g/mol. The Morgan fingerprint density at radius 3 is 2.41 bits per heavy atom. The lowest BCUT2D eigenvalue weighted by molar-refractivity contribution is -0.124. The third-order valence-electron chi connectivity index (χ3n) is 5.34. The molecule has 4 aromatic rings. The van der Waals surface area contributed by atoms with Crippen molar-refractivity contribution in [2.45, 2.75) is 4.90 Å². The summed E-state index contributed by atoms with van der Waals surface area (Å²) in [7, 11) is -4.06. The minimum atomic E-state index is -4.06. The van der Waals surface area contributed by atoms with Gasteiger partial charge < -0.3 is 5.32 Å². The van der Waals surface area contributed by atoms with E-state index < -0.39 is 21.8 Å². The van der Waals surface area contributed by atoms with Crippen LogP contribution in [0.2, 0.25) is 10.0 Å². The highest BCUT2D eigenvalue weighted by molar-refractivity contribution is 7.92. The molecule has 0 bridgehead atoms. The maximum absolute atomic E-state index is 12.9. The van der Waals surface area contributed by atoms with Gasteiger partial charge in [0.2, 0.25) is 0 Å². The quantitative estimate of drug-likeness (QED) is 0.121. The van der Waals surface area contributed by atoms with Crippen LogP contribution in [-0.2, 0) is 14.8 Å². The van der Waals surface area contributed by atoms with E-state index in [1.807, 2.05) is 6.07 Å². The van der Waals surface area contributed by atoms with Crippen LogP contribution in [0.5, 0.6) is 0 Å². The van der Waals surface area contributed by atoms with E-state index in [-0.39, 0.29) is 21.2 Å². The molecule has 0 aliphatic carbocycles. The number of sulfonamides is 1. The molecule has 0 radical (unpaired) electrons. The SMILES string of the molecule is O=C(C=Cc1cccc(NS(=O)(=O)c2ccc(C(=O)Nc3ccc(Cl)c(-c4ccccn4)c3)c(Cl)c2)c1)NO. The molecule has 9 nitrogen and oxygen atoms in total. The van der Waals surface area contributed by atoms with Gasteiger partial charge in [0.25, 0.3) is 21.8 Å². The van der Waals surface area contributed by atoms with Gasteiger partial charge in [-0.25, -0.2) is 13.9 Å². The molecule has 2 amide bonds. The Hall–Kier alpha value is -4.22. The highest BCUT2D eigenvalue weighted by Gasteiger charge is 2.19. The Balaban J connectivity index is 1.51. The molecule has 4 rings (SSSR count). The predicted molar refractivity (Wildman–Crippen MR) is 150 cm³/mol. The maximum Gasteiger partial charge on any atom is 0.267 e. The van der Waals surface area contributed by atoms with E-state index >= 15 is 0 Å². The van der Waals surface area contributed by atoms with Crippen molar-refractivity contribution in [2.24, 2.45) is 0 Å². The van der Waals surface area contributed by atoms with Crippen molar-refractivity contribution in [2.75, 3.05) is 10.0 Å². The van der Waals surface area contributed by atoms with Crippen molar-refractivity contribution in [3.8, 4) is 11.3 Å². The van der Waals surface area contributed by atoms with Crippen LogP contribution >= 0.6 is 23.2 Å². The summed E-state index contributed by atoms with van der Waals surface area (Å²) in [6.07, 6.45) is 4.11. The summed E-state index contributed by atoms with van der Waals surface area (Å²) in [5.74, 6) is -1.28. The summed E-state index contributed by atoms with van der Waals surface area (Å²) in [6.45, 7) is 0. The Bertz CT molecular complexity index is 1680. The second-order valence-corrected chi connectivity index (χ2v) is 10.5. The van der Waals surface area contributed by atoms with Crippen LogP contribution < -0.4 is 15.5 Å². The molecule has 1 aromatic heterocycles. The van der Waals surface area contributed by atoms with Crippen LogP contribution in [0.15, 0.2) is 96.0 Å². The number of aromatic nitrogens is 1. The highest BCUT2D eigenvalue weighted by Crippen LogP contribution is 2.30. The largest absolute Gasteiger partial charge is 0.322 e. The third-order valence-corrected chi connectivity index (χ3v) is 7.36. The van der Waals surface area contributed by atoms with Gasteiger partial charge in [0.15, 0.2) is 0 Å². The number of anilines is 2. The molecule has 1 heterocycles. The van der Waals surface area contributed by atoms with E-state index in [1.165, 1.54) is 41.9 Å². The third kappa shape index (κ3) is 7.01. The van der Waals surface area contributed by atoms with E-state index in [0.29, 0.717) is 27.5 Å². The summed E-state index contributed by atoms with van der Waals surface area (Å²) in [6, 6.07) is 20.3. The summed E-state index contributed by atoms with van der Waals surface area (Å²) in [5.41, 5.74) is 3.99. The normalized spacial score (nSPS) is 11.3. The van der Waals surface area contributed by atoms with Crippen molar-refractivity contribution >= 4 is 62.5 Å². The summed E-state index contributed by atoms with van der Waals surface area (Å²) >= 11 is 12.6. The van der Waals surface area contributed by atoms with Crippen LogP contribution in [0, 0.1) is 0 Å². The number of carbonyl (C=O) groups excluding carboxylic acids is 2. The fraction of sp³-hybridized carbons (Fsp3) is 0. The molecule has 4 N–H and O–H groups in total. The maximum atomic E-state index is 12.9. The van der Waals surface area contributed by atoms with Crippen LogP contribution in [0.4, 0.5) is 11.4 Å². The predicted octanol–water partition coefficient (Wildman–Crippen LogP) is 5.63. The molecule has 0 saturated carbocycles. The zero-order valence-electron chi connectivity index (χ0n) is 19.9. The lowest BCUT2D eigenvalue weighted by atomic mass is 10.1. The molecule has 0 atom stereocenters. The van der Waals surface area contributed by atoms with Crippen LogP contribution in [0.25, 0.3) is 17.3 Å². The first-order valence-corrected chi connectivity index (χ1v) is 13.5. The van der Waals surface area contributed by atoms with Crippen molar-refractivity contribution in [3.05, 3.63) is 112 Å². The molecule has 0 fully saturated rings. The average molecular weight is 583 g/mol. The van der Waals surface area contributed by atoms with Gasteiger partial charge in [-0.15, -0.1) is 0 Å². The number of benzene rings is 3. The molecule has 0 unspecified atom stereocenters. The number of amides is 2. The molecule has 39 heavy (non-hydrogen) atoms. The molecule has 198 valence electrons. The van der Waals surface area contributed by atoms with Crippen molar-refractivity contribution in [1.82, 2.24) is 10.5 Å². The Labute approximate surface area is 234 Å². The zero-order chi connectivity index (χ0) is 28.0. The first kappa shape index (κ1) is 27.8. The lowest BCUT2D eigenvalue weighted by Crippen LogP contribution is -2.15. The second kappa shape index (κ2) is 12.1. The van der Waals surface area contributed by atoms with Gasteiger partial charge in [0.05, 0.1) is 26.2 Å². The molecule has 0 aliphatic heterocycles. The average Bonchev–Trinajstić information content (AvgIpc) is 2.93. The van der Waals surface area contributed by atoms with Crippen LogP contribution in [0.1, 0.15) is 15.9 Å². The topological polar surface area (TPSA) is 137 Å². The summed E-state index contributed by atoms with van der Waals surface area (Å²) in [4.78, 5) is 28.2. The number of pyridine rings is 1. The number of nitrogens with zero attached hydrogens (tertiary/aromatic N) is 1. The molecule has 0 aliphatic rings. The van der Waals surface area contributed by atoms with Crippen LogP contribution in [0.3, 0.4) is 0 Å².